The molecule has 100 valence electrons. The standard InChI is InChI=1S/C14H16N2OS2/c1-11-10-19-14(15-11)16-13(17)8-5-9-18-12-6-3-2-4-7-12/h2-4,6-7,10H,5,8-9H2,1H3,(H,15,16,17). The Bertz CT molecular complexity index is 525. The highest BCUT2D eigenvalue weighted by molar-refractivity contribution is 7.99. The van der Waals surface area contributed by atoms with Crippen molar-refractivity contribution in [1.29, 1.82) is 0 Å². The molecule has 19 heavy (non-hydrogen) atoms. The number of hydrogen-bond donors (Lipinski definition) is 1. The average Bonchev–Trinajstić information content (AvgIpc) is 2.81. The summed E-state index contributed by atoms with van der Waals surface area (Å²) in [6.45, 7) is 1.92. The van der Waals surface area contributed by atoms with E-state index in [-0.39, 0.29) is 5.91 Å². The second kappa shape index (κ2) is 7.31. The zero-order valence-corrected chi connectivity index (χ0v) is 12.4. The molecule has 1 N–H and O–H groups in total. The van der Waals surface area contributed by atoms with Crippen LogP contribution in [0, 0.1) is 6.92 Å². The molecule has 5 heteroatoms. The minimum absolute atomic E-state index is 0.0445. The summed E-state index contributed by atoms with van der Waals surface area (Å²) in [5, 5.41) is 5.44. The Balaban J connectivity index is 1.64. The number of carbonyl (C=O) groups excluding carboxylic acids is 1. The maximum Gasteiger partial charge on any atom is 0.226 e. The third-order valence-electron chi connectivity index (χ3n) is 2.43. The summed E-state index contributed by atoms with van der Waals surface area (Å²) in [6.07, 6.45) is 1.41. The molecule has 0 saturated carbocycles. The fourth-order valence-electron chi connectivity index (χ4n) is 1.53. The van der Waals surface area contributed by atoms with Crippen LogP contribution in [0.4, 0.5) is 5.13 Å². The van der Waals surface area contributed by atoms with E-state index >= 15 is 0 Å². The van der Waals surface area contributed by atoms with Crippen LogP contribution in [0.3, 0.4) is 0 Å². The van der Waals surface area contributed by atoms with Crippen LogP contribution in [0.25, 0.3) is 0 Å². The summed E-state index contributed by atoms with van der Waals surface area (Å²) in [5.74, 6) is 0.997. The minimum atomic E-state index is 0.0445. The number of nitrogens with zero attached hydrogens (tertiary/aromatic N) is 1. The Morgan fingerprint density at radius 2 is 2.16 bits per heavy atom. The molecule has 0 atom stereocenters. The van der Waals surface area contributed by atoms with Crippen molar-refractivity contribution < 1.29 is 4.79 Å². The van der Waals surface area contributed by atoms with Gasteiger partial charge in [0, 0.05) is 16.7 Å². The van der Waals surface area contributed by atoms with Gasteiger partial charge in [0.25, 0.3) is 0 Å². The summed E-state index contributed by atoms with van der Waals surface area (Å²) >= 11 is 3.25. The van der Waals surface area contributed by atoms with Crippen molar-refractivity contribution in [2.45, 2.75) is 24.7 Å². The second-order valence-electron chi connectivity index (χ2n) is 4.11. The highest BCUT2D eigenvalue weighted by Crippen LogP contribution is 2.19. The van der Waals surface area contributed by atoms with Gasteiger partial charge >= 0.3 is 0 Å². The first kappa shape index (κ1) is 14.1. The van der Waals surface area contributed by atoms with E-state index in [1.165, 1.54) is 16.2 Å². The lowest BCUT2D eigenvalue weighted by atomic mass is 10.3. The number of thiazole rings is 1. The molecule has 1 amide bonds. The maximum absolute atomic E-state index is 11.7. The van der Waals surface area contributed by atoms with E-state index in [1.54, 1.807) is 11.8 Å². The van der Waals surface area contributed by atoms with Crippen LogP contribution >= 0.6 is 23.1 Å². The molecule has 0 saturated heterocycles. The molecular weight excluding hydrogens is 276 g/mol. The van der Waals surface area contributed by atoms with Gasteiger partial charge in [0.15, 0.2) is 5.13 Å². The molecule has 1 aromatic carbocycles. The van der Waals surface area contributed by atoms with Gasteiger partial charge in [0.05, 0.1) is 5.69 Å². The van der Waals surface area contributed by atoms with Crippen molar-refractivity contribution in [2.24, 2.45) is 0 Å². The van der Waals surface area contributed by atoms with E-state index < -0.39 is 0 Å². The number of thioether (sulfide) groups is 1. The summed E-state index contributed by atoms with van der Waals surface area (Å²) in [7, 11) is 0. The first-order chi connectivity index (χ1) is 9.24. The van der Waals surface area contributed by atoms with Crippen molar-refractivity contribution in [3.63, 3.8) is 0 Å². The van der Waals surface area contributed by atoms with Gasteiger partial charge in [-0.15, -0.1) is 23.1 Å². The van der Waals surface area contributed by atoms with E-state index in [1.807, 2.05) is 30.5 Å². The zero-order chi connectivity index (χ0) is 13.5. The predicted molar refractivity (Wildman–Crippen MR) is 81.9 cm³/mol. The average molecular weight is 292 g/mol. The molecular formula is C14H16N2OS2. The fraction of sp³-hybridized carbons (Fsp3) is 0.286. The van der Waals surface area contributed by atoms with Crippen LogP contribution in [0.1, 0.15) is 18.5 Å². The molecule has 0 radical (unpaired) electrons. The Morgan fingerprint density at radius 1 is 1.37 bits per heavy atom. The van der Waals surface area contributed by atoms with Crippen molar-refractivity contribution in [1.82, 2.24) is 4.98 Å². The van der Waals surface area contributed by atoms with Gasteiger partial charge in [-0.1, -0.05) is 18.2 Å². The zero-order valence-electron chi connectivity index (χ0n) is 10.8. The Hall–Kier alpha value is -1.33. The van der Waals surface area contributed by atoms with Gasteiger partial charge in [0.2, 0.25) is 5.91 Å². The highest BCUT2D eigenvalue weighted by atomic mass is 32.2. The monoisotopic (exact) mass is 292 g/mol. The number of nitrogens with one attached hydrogen (secondary N) is 1. The quantitative estimate of drug-likeness (QED) is 0.647. The molecule has 0 aliphatic heterocycles. The maximum atomic E-state index is 11.7. The molecule has 0 aliphatic rings. The molecule has 1 aromatic heterocycles. The van der Waals surface area contributed by atoms with Crippen molar-refractivity contribution in [2.75, 3.05) is 11.1 Å². The number of hydrogen-bond acceptors (Lipinski definition) is 4. The Morgan fingerprint density at radius 3 is 2.84 bits per heavy atom. The Kier molecular flexibility index (Phi) is 5.42. The van der Waals surface area contributed by atoms with E-state index in [4.69, 9.17) is 0 Å². The van der Waals surface area contributed by atoms with Gasteiger partial charge in [-0.05, 0) is 31.2 Å². The molecule has 0 bridgehead atoms. The molecule has 2 aromatic rings. The van der Waals surface area contributed by atoms with Gasteiger partial charge in [0.1, 0.15) is 0 Å². The van der Waals surface area contributed by atoms with Crippen LogP contribution in [0.5, 0.6) is 0 Å². The first-order valence-electron chi connectivity index (χ1n) is 6.14. The van der Waals surface area contributed by atoms with Crippen molar-refractivity contribution in [3.05, 3.63) is 41.4 Å². The number of anilines is 1. The minimum Gasteiger partial charge on any atom is -0.302 e. The SMILES string of the molecule is Cc1csc(NC(=O)CCCSc2ccccc2)n1. The van der Waals surface area contributed by atoms with E-state index in [0.29, 0.717) is 11.6 Å². The van der Waals surface area contributed by atoms with Crippen LogP contribution < -0.4 is 5.32 Å². The molecule has 1 heterocycles. The van der Waals surface area contributed by atoms with Crippen molar-refractivity contribution >= 4 is 34.1 Å². The van der Waals surface area contributed by atoms with Crippen LogP contribution in [-0.2, 0) is 4.79 Å². The topological polar surface area (TPSA) is 42.0 Å². The molecule has 3 nitrogen and oxygen atoms in total. The number of aryl methyl sites for hydroxylation is 1. The third kappa shape index (κ3) is 5.04. The predicted octanol–water partition coefficient (Wildman–Crippen LogP) is 3.96. The number of amides is 1. The summed E-state index contributed by atoms with van der Waals surface area (Å²) in [5.41, 5.74) is 0.944. The smallest absolute Gasteiger partial charge is 0.226 e. The molecule has 0 aliphatic carbocycles. The van der Waals surface area contributed by atoms with Gasteiger partial charge < -0.3 is 5.32 Å². The normalized spacial score (nSPS) is 10.4. The summed E-state index contributed by atoms with van der Waals surface area (Å²) in [4.78, 5) is 17.1. The third-order valence-corrected chi connectivity index (χ3v) is 4.40. The highest BCUT2D eigenvalue weighted by Gasteiger charge is 2.05. The fourth-order valence-corrected chi connectivity index (χ4v) is 3.11. The molecule has 0 unspecified atom stereocenters. The first-order valence-corrected chi connectivity index (χ1v) is 8.00. The van der Waals surface area contributed by atoms with E-state index in [0.717, 1.165) is 17.9 Å². The largest absolute Gasteiger partial charge is 0.302 e. The van der Waals surface area contributed by atoms with Crippen LogP contribution in [0.2, 0.25) is 0 Å². The van der Waals surface area contributed by atoms with Crippen molar-refractivity contribution in [3.8, 4) is 0 Å². The number of benzene rings is 1. The summed E-state index contributed by atoms with van der Waals surface area (Å²) in [6, 6.07) is 10.2. The van der Waals surface area contributed by atoms with Crippen LogP contribution in [-0.4, -0.2) is 16.6 Å². The number of aromatic nitrogens is 1. The van der Waals surface area contributed by atoms with E-state index in [2.05, 4.69) is 22.4 Å². The number of carbonyl (C=O) groups is 1. The lowest BCUT2D eigenvalue weighted by molar-refractivity contribution is -0.116. The van der Waals surface area contributed by atoms with Gasteiger partial charge in [-0.25, -0.2) is 4.98 Å². The lowest BCUT2D eigenvalue weighted by Crippen LogP contribution is -2.11. The molecule has 2 rings (SSSR count). The Labute approximate surface area is 121 Å². The van der Waals surface area contributed by atoms with Gasteiger partial charge in [-0.2, -0.15) is 0 Å². The van der Waals surface area contributed by atoms with Gasteiger partial charge in [-0.3, -0.25) is 4.79 Å². The van der Waals surface area contributed by atoms with E-state index in [9.17, 15) is 4.79 Å². The van der Waals surface area contributed by atoms with Crippen LogP contribution in [0.15, 0.2) is 40.6 Å². The second-order valence-corrected chi connectivity index (χ2v) is 6.13. The summed E-state index contributed by atoms with van der Waals surface area (Å²) < 4.78 is 0. The lowest BCUT2D eigenvalue weighted by Gasteiger charge is -2.02. The molecule has 0 spiro atoms. The number of rotatable bonds is 6. The molecule has 0 fully saturated rings.